The van der Waals surface area contributed by atoms with Crippen molar-refractivity contribution in [1.82, 2.24) is 5.32 Å². The number of hydrogen-bond donors (Lipinski definition) is 1. The third-order valence-electron chi connectivity index (χ3n) is 1.46. The molecule has 0 aromatic carbocycles. The van der Waals surface area contributed by atoms with Crippen LogP contribution >= 0.6 is 11.3 Å². The molecule has 1 N–H and O–H groups in total. The first-order valence-corrected chi connectivity index (χ1v) is 4.77. The van der Waals surface area contributed by atoms with Gasteiger partial charge in [-0.25, -0.2) is 0 Å². The Morgan fingerprint density at radius 2 is 2.38 bits per heavy atom. The molecule has 0 unspecified atom stereocenters. The van der Waals surface area contributed by atoms with Crippen molar-refractivity contribution in [1.29, 1.82) is 5.26 Å². The standard InChI is InChI=1S/C10H10N2S/c1-2-3-6-12-8-10-5-4-9(7-11)13-10/h4-5,12H,6,8H2,1H3. The van der Waals surface area contributed by atoms with Gasteiger partial charge in [-0.1, -0.05) is 5.92 Å². The van der Waals surface area contributed by atoms with E-state index < -0.39 is 0 Å². The van der Waals surface area contributed by atoms with E-state index in [0.29, 0.717) is 6.54 Å². The summed E-state index contributed by atoms with van der Waals surface area (Å²) in [4.78, 5) is 1.94. The van der Waals surface area contributed by atoms with Crippen molar-refractivity contribution < 1.29 is 0 Å². The normalized spacial score (nSPS) is 8.62. The van der Waals surface area contributed by atoms with Gasteiger partial charge in [0.1, 0.15) is 10.9 Å². The van der Waals surface area contributed by atoms with Crippen LogP contribution in [-0.2, 0) is 6.54 Å². The molecule has 66 valence electrons. The van der Waals surface area contributed by atoms with E-state index in [-0.39, 0.29) is 0 Å². The van der Waals surface area contributed by atoms with Crippen LogP contribution in [-0.4, -0.2) is 6.54 Å². The van der Waals surface area contributed by atoms with E-state index in [0.717, 1.165) is 11.4 Å². The van der Waals surface area contributed by atoms with Crippen molar-refractivity contribution >= 4 is 11.3 Å². The fourth-order valence-electron chi connectivity index (χ4n) is 0.870. The molecule has 1 aromatic rings. The fourth-order valence-corrected chi connectivity index (χ4v) is 1.64. The molecule has 0 saturated carbocycles. The van der Waals surface area contributed by atoms with Crippen LogP contribution < -0.4 is 5.32 Å². The number of nitrogens with one attached hydrogen (secondary N) is 1. The van der Waals surface area contributed by atoms with Crippen molar-refractivity contribution in [2.75, 3.05) is 6.54 Å². The summed E-state index contributed by atoms with van der Waals surface area (Å²) in [6.07, 6.45) is 0. The van der Waals surface area contributed by atoms with E-state index in [9.17, 15) is 0 Å². The highest BCUT2D eigenvalue weighted by Crippen LogP contribution is 2.14. The van der Waals surface area contributed by atoms with Crippen LogP contribution in [0.3, 0.4) is 0 Å². The lowest BCUT2D eigenvalue weighted by atomic mass is 10.4. The lowest BCUT2D eigenvalue weighted by molar-refractivity contribution is 0.781. The van der Waals surface area contributed by atoms with E-state index in [4.69, 9.17) is 5.26 Å². The third kappa shape index (κ3) is 3.29. The van der Waals surface area contributed by atoms with Gasteiger partial charge in [0.15, 0.2) is 0 Å². The molecule has 0 bridgehead atoms. The molecule has 3 heteroatoms. The Morgan fingerprint density at radius 1 is 1.54 bits per heavy atom. The Labute approximate surface area is 82.2 Å². The summed E-state index contributed by atoms with van der Waals surface area (Å²) in [6, 6.07) is 5.92. The Balaban J connectivity index is 2.36. The average molecular weight is 190 g/mol. The minimum Gasteiger partial charge on any atom is -0.301 e. The van der Waals surface area contributed by atoms with Crippen LogP contribution in [0.15, 0.2) is 12.1 Å². The van der Waals surface area contributed by atoms with E-state index >= 15 is 0 Å². The van der Waals surface area contributed by atoms with Gasteiger partial charge in [-0.2, -0.15) is 5.26 Å². The summed E-state index contributed by atoms with van der Waals surface area (Å²) >= 11 is 1.52. The minimum absolute atomic E-state index is 0.705. The number of hydrogen-bond acceptors (Lipinski definition) is 3. The number of nitrogens with zero attached hydrogens (tertiary/aromatic N) is 1. The van der Waals surface area contributed by atoms with Gasteiger partial charge in [0.25, 0.3) is 0 Å². The Morgan fingerprint density at radius 3 is 3.00 bits per heavy atom. The maximum absolute atomic E-state index is 8.58. The van der Waals surface area contributed by atoms with Crippen LogP contribution in [0, 0.1) is 23.2 Å². The Kier molecular flexibility index (Phi) is 4.05. The van der Waals surface area contributed by atoms with Crippen molar-refractivity contribution in [2.45, 2.75) is 13.5 Å². The molecule has 0 aliphatic carbocycles. The van der Waals surface area contributed by atoms with Gasteiger partial charge < -0.3 is 5.32 Å². The average Bonchev–Trinajstić information content (AvgIpc) is 2.60. The first kappa shape index (κ1) is 9.80. The lowest BCUT2D eigenvalue weighted by Gasteiger charge is -1.94. The molecule has 1 aromatic heterocycles. The molecule has 0 fully saturated rings. The van der Waals surface area contributed by atoms with Gasteiger partial charge in [0.2, 0.25) is 0 Å². The first-order valence-electron chi connectivity index (χ1n) is 3.96. The minimum atomic E-state index is 0.705. The van der Waals surface area contributed by atoms with Gasteiger partial charge in [0, 0.05) is 11.4 Å². The first-order chi connectivity index (χ1) is 6.36. The van der Waals surface area contributed by atoms with E-state index in [1.54, 1.807) is 0 Å². The molecule has 13 heavy (non-hydrogen) atoms. The maximum atomic E-state index is 8.58. The number of thiophene rings is 1. The molecule has 0 aliphatic heterocycles. The van der Waals surface area contributed by atoms with Crippen LogP contribution in [0.5, 0.6) is 0 Å². The largest absolute Gasteiger partial charge is 0.301 e. The van der Waals surface area contributed by atoms with Crippen molar-refractivity contribution in [3.05, 3.63) is 21.9 Å². The van der Waals surface area contributed by atoms with Crippen LogP contribution in [0.2, 0.25) is 0 Å². The smallest absolute Gasteiger partial charge is 0.110 e. The van der Waals surface area contributed by atoms with Gasteiger partial charge in [-0.05, 0) is 19.1 Å². The molecule has 0 spiro atoms. The third-order valence-corrected chi connectivity index (χ3v) is 2.45. The highest BCUT2D eigenvalue weighted by Gasteiger charge is 1.96. The second-order valence-corrected chi connectivity index (χ2v) is 3.58. The lowest BCUT2D eigenvalue weighted by Crippen LogP contribution is -2.11. The van der Waals surface area contributed by atoms with Crippen molar-refractivity contribution in [3.8, 4) is 17.9 Å². The monoisotopic (exact) mass is 190 g/mol. The number of rotatable bonds is 3. The molecule has 1 rings (SSSR count). The van der Waals surface area contributed by atoms with E-state index in [1.807, 2.05) is 19.1 Å². The van der Waals surface area contributed by atoms with Gasteiger partial charge in [-0.15, -0.1) is 17.3 Å². The molecular formula is C10H10N2S. The Hall–Kier alpha value is -1.29. The zero-order valence-electron chi connectivity index (χ0n) is 7.42. The second-order valence-electron chi connectivity index (χ2n) is 2.41. The predicted molar refractivity (Wildman–Crippen MR) is 54.2 cm³/mol. The van der Waals surface area contributed by atoms with Gasteiger partial charge in [-0.3, -0.25) is 0 Å². The molecular weight excluding hydrogens is 180 g/mol. The maximum Gasteiger partial charge on any atom is 0.110 e. The molecule has 0 aliphatic rings. The summed E-state index contributed by atoms with van der Waals surface area (Å²) in [6.45, 7) is 3.32. The predicted octanol–water partition coefficient (Wildman–Crippen LogP) is 1.73. The summed E-state index contributed by atoms with van der Waals surface area (Å²) in [5, 5.41) is 11.7. The van der Waals surface area contributed by atoms with Crippen LogP contribution in [0.25, 0.3) is 0 Å². The zero-order valence-corrected chi connectivity index (χ0v) is 8.24. The molecule has 0 radical (unpaired) electrons. The van der Waals surface area contributed by atoms with Gasteiger partial charge in [0.05, 0.1) is 6.54 Å². The van der Waals surface area contributed by atoms with Crippen molar-refractivity contribution in [2.24, 2.45) is 0 Å². The summed E-state index contributed by atoms with van der Waals surface area (Å²) in [7, 11) is 0. The quantitative estimate of drug-likeness (QED) is 0.582. The zero-order chi connectivity index (χ0) is 9.52. The molecule has 0 amide bonds. The topological polar surface area (TPSA) is 35.8 Å². The van der Waals surface area contributed by atoms with Crippen LogP contribution in [0.4, 0.5) is 0 Å². The Bertz CT molecular complexity index is 362. The number of nitriles is 1. The summed E-state index contributed by atoms with van der Waals surface area (Å²) in [5.74, 6) is 5.73. The summed E-state index contributed by atoms with van der Waals surface area (Å²) in [5.41, 5.74) is 0. The SMILES string of the molecule is CC#CCNCc1ccc(C#N)s1. The fraction of sp³-hybridized carbons (Fsp3) is 0.300. The van der Waals surface area contributed by atoms with Gasteiger partial charge >= 0.3 is 0 Å². The van der Waals surface area contributed by atoms with Crippen LogP contribution in [0.1, 0.15) is 16.7 Å². The highest BCUT2D eigenvalue weighted by atomic mass is 32.1. The highest BCUT2D eigenvalue weighted by molar-refractivity contribution is 7.12. The molecule has 1 heterocycles. The summed E-state index contributed by atoms with van der Waals surface area (Å²) < 4.78 is 0. The molecule has 0 saturated heterocycles. The van der Waals surface area contributed by atoms with E-state index in [2.05, 4.69) is 23.2 Å². The molecule has 2 nitrogen and oxygen atoms in total. The van der Waals surface area contributed by atoms with Crippen molar-refractivity contribution in [3.63, 3.8) is 0 Å². The molecule has 0 atom stereocenters. The second kappa shape index (κ2) is 5.37. The van der Waals surface area contributed by atoms with E-state index in [1.165, 1.54) is 16.2 Å².